The highest BCUT2D eigenvalue weighted by atomic mass is 15.2. The molecule has 0 unspecified atom stereocenters. The van der Waals surface area contributed by atoms with Crippen molar-refractivity contribution in [2.45, 2.75) is 53.6 Å². The summed E-state index contributed by atoms with van der Waals surface area (Å²) < 4.78 is 0. The number of hydrogen-bond acceptors (Lipinski definition) is 2. The van der Waals surface area contributed by atoms with Gasteiger partial charge in [-0.2, -0.15) is 0 Å². The molecule has 0 fully saturated rings. The minimum atomic E-state index is 0.600. The van der Waals surface area contributed by atoms with Crippen LogP contribution in [0.25, 0.3) is 0 Å². The Labute approximate surface area is 90.1 Å². The zero-order valence-corrected chi connectivity index (χ0v) is 10.8. The van der Waals surface area contributed by atoms with Crippen molar-refractivity contribution in [3.63, 3.8) is 0 Å². The molecule has 0 aliphatic rings. The molecule has 0 aromatic heterocycles. The number of rotatable bonds is 7. The Morgan fingerprint density at radius 2 is 1.57 bits per heavy atom. The molecule has 0 saturated heterocycles. The van der Waals surface area contributed by atoms with E-state index in [1.165, 1.54) is 6.54 Å². The maximum Gasteiger partial charge on any atom is 0.0110 e. The first kappa shape index (κ1) is 13.9. The molecule has 1 N–H and O–H groups in total. The Hall–Kier alpha value is -0.0800. The molecule has 2 nitrogen and oxygen atoms in total. The molecule has 0 rings (SSSR count). The third kappa shape index (κ3) is 7.34. The van der Waals surface area contributed by atoms with E-state index >= 15 is 0 Å². The monoisotopic (exact) mass is 200 g/mol. The Morgan fingerprint density at radius 3 is 1.93 bits per heavy atom. The van der Waals surface area contributed by atoms with Crippen molar-refractivity contribution >= 4 is 0 Å². The molecular weight excluding hydrogens is 172 g/mol. The van der Waals surface area contributed by atoms with E-state index in [2.05, 4.69) is 51.8 Å². The second-order valence-corrected chi connectivity index (χ2v) is 5.09. The van der Waals surface area contributed by atoms with Crippen molar-refractivity contribution in [2.24, 2.45) is 5.92 Å². The fraction of sp³-hybridized carbons (Fsp3) is 1.00. The van der Waals surface area contributed by atoms with Crippen molar-refractivity contribution in [3.05, 3.63) is 0 Å². The molecule has 14 heavy (non-hydrogen) atoms. The van der Waals surface area contributed by atoms with Crippen molar-refractivity contribution in [1.82, 2.24) is 10.2 Å². The normalized spacial score (nSPS) is 12.4. The summed E-state index contributed by atoms with van der Waals surface area (Å²) in [6.45, 7) is 17.0. The van der Waals surface area contributed by atoms with Gasteiger partial charge in [0.05, 0.1) is 0 Å². The molecule has 0 saturated carbocycles. The zero-order valence-electron chi connectivity index (χ0n) is 10.8. The smallest absolute Gasteiger partial charge is 0.0110 e. The summed E-state index contributed by atoms with van der Waals surface area (Å²) in [5, 5.41) is 3.46. The van der Waals surface area contributed by atoms with Gasteiger partial charge in [0.2, 0.25) is 0 Å². The third-order valence-corrected chi connectivity index (χ3v) is 2.28. The van der Waals surface area contributed by atoms with Crippen LogP contribution in [0.4, 0.5) is 0 Å². The van der Waals surface area contributed by atoms with Gasteiger partial charge in [0, 0.05) is 31.7 Å². The van der Waals surface area contributed by atoms with Crippen molar-refractivity contribution in [3.8, 4) is 0 Å². The van der Waals surface area contributed by atoms with E-state index in [0.717, 1.165) is 19.0 Å². The molecule has 2 heteroatoms. The molecule has 0 radical (unpaired) electrons. The van der Waals surface area contributed by atoms with Gasteiger partial charge in [-0.25, -0.2) is 0 Å². The lowest BCUT2D eigenvalue weighted by Gasteiger charge is -2.28. The van der Waals surface area contributed by atoms with Crippen LogP contribution in [0.15, 0.2) is 0 Å². The molecule has 0 bridgehead atoms. The predicted octanol–water partition coefficient (Wildman–Crippen LogP) is 2.35. The van der Waals surface area contributed by atoms with Crippen LogP contribution in [0.5, 0.6) is 0 Å². The van der Waals surface area contributed by atoms with Crippen molar-refractivity contribution in [1.29, 1.82) is 0 Å². The minimum absolute atomic E-state index is 0.600. The molecular formula is C12H28N2. The minimum Gasteiger partial charge on any atom is -0.313 e. The van der Waals surface area contributed by atoms with Crippen LogP contribution < -0.4 is 5.32 Å². The average molecular weight is 200 g/mol. The summed E-state index contributed by atoms with van der Waals surface area (Å²) in [6, 6.07) is 1.26. The Morgan fingerprint density at radius 1 is 1.00 bits per heavy atom. The molecule has 0 heterocycles. The topological polar surface area (TPSA) is 15.3 Å². The number of nitrogens with zero attached hydrogens (tertiary/aromatic N) is 1. The van der Waals surface area contributed by atoms with Crippen molar-refractivity contribution in [2.75, 3.05) is 19.6 Å². The highest BCUT2D eigenvalue weighted by Crippen LogP contribution is 2.02. The molecule has 86 valence electrons. The Kier molecular flexibility index (Phi) is 7.20. The van der Waals surface area contributed by atoms with E-state index in [0.29, 0.717) is 12.1 Å². The Balaban J connectivity index is 3.74. The second-order valence-electron chi connectivity index (χ2n) is 5.09. The summed E-state index contributed by atoms with van der Waals surface area (Å²) in [6.07, 6.45) is 0. The zero-order chi connectivity index (χ0) is 11.1. The van der Waals surface area contributed by atoms with Crippen LogP contribution >= 0.6 is 0 Å². The van der Waals surface area contributed by atoms with Gasteiger partial charge < -0.3 is 5.32 Å². The summed E-state index contributed by atoms with van der Waals surface area (Å²) >= 11 is 0. The van der Waals surface area contributed by atoms with Gasteiger partial charge in [-0.1, -0.05) is 27.7 Å². The largest absolute Gasteiger partial charge is 0.313 e. The lowest BCUT2D eigenvalue weighted by Crippen LogP contribution is -2.40. The summed E-state index contributed by atoms with van der Waals surface area (Å²) in [4.78, 5) is 2.54. The summed E-state index contributed by atoms with van der Waals surface area (Å²) in [7, 11) is 0. The predicted molar refractivity (Wildman–Crippen MR) is 64.7 cm³/mol. The molecule has 0 aliphatic carbocycles. The molecule has 0 aliphatic heterocycles. The van der Waals surface area contributed by atoms with Gasteiger partial charge >= 0.3 is 0 Å². The first-order valence-electron chi connectivity index (χ1n) is 5.91. The van der Waals surface area contributed by atoms with E-state index in [9.17, 15) is 0 Å². The van der Waals surface area contributed by atoms with E-state index in [1.54, 1.807) is 0 Å². The average Bonchev–Trinajstić information content (AvgIpc) is 2.00. The van der Waals surface area contributed by atoms with Crippen LogP contribution in [0.1, 0.15) is 41.5 Å². The number of nitrogens with one attached hydrogen (secondary N) is 1. The third-order valence-electron chi connectivity index (χ3n) is 2.28. The standard InChI is InChI=1S/C12H28N2/c1-10(2)9-14(12(5)6)8-7-13-11(3)4/h10-13H,7-9H2,1-6H3. The van der Waals surface area contributed by atoms with Crippen LogP contribution in [0.2, 0.25) is 0 Å². The quantitative estimate of drug-likeness (QED) is 0.678. The maximum absolute atomic E-state index is 3.46. The molecule has 0 aromatic carbocycles. The van der Waals surface area contributed by atoms with Gasteiger partial charge in [-0.3, -0.25) is 4.90 Å². The maximum atomic E-state index is 3.46. The van der Waals surface area contributed by atoms with Gasteiger partial charge in [-0.05, 0) is 19.8 Å². The fourth-order valence-electron chi connectivity index (χ4n) is 1.53. The van der Waals surface area contributed by atoms with Gasteiger partial charge in [0.15, 0.2) is 0 Å². The molecule has 0 spiro atoms. The highest BCUT2D eigenvalue weighted by Gasteiger charge is 2.10. The SMILES string of the molecule is CC(C)CN(CCNC(C)C)C(C)C. The van der Waals surface area contributed by atoms with Crippen LogP contribution in [0, 0.1) is 5.92 Å². The van der Waals surface area contributed by atoms with Crippen molar-refractivity contribution < 1.29 is 0 Å². The van der Waals surface area contributed by atoms with E-state index in [-0.39, 0.29) is 0 Å². The first-order valence-corrected chi connectivity index (χ1v) is 5.91. The molecule has 0 amide bonds. The fourth-order valence-corrected chi connectivity index (χ4v) is 1.53. The van der Waals surface area contributed by atoms with Crippen LogP contribution in [-0.2, 0) is 0 Å². The summed E-state index contributed by atoms with van der Waals surface area (Å²) in [5.41, 5.74) is 0. The lowest BCUT2D eigenvalue weighted by molar-refractivity contribution is 0.197. The van der Waals surface area contributed by atoms with E-state index < -0.39 is 0 Å². The van der Waals surface area contributed by atoms with E-state index in [1.807, 2.05) is 0 Å². The first-order chi connectivity index (χ1) is 6.43. The van der Waals surface area contributed by atoms with Gasteiger partial charge in [0.25, 0.3) is 0 Å². The lowest BCUT2D eigenvalue weighted by atomic mass is 10.2. The second kappa shape index (κ2) is 7.24. The van der Waals surface area contributed by atoms with E-state index in [4.69, 9.17) is 0 Å². The molecule has 0 aromatic rings. The molecule has 0 atom stereocenters. The summed E-state index contributed by atoms with van der Waals surface area (Å²) in [5.74, 6) is 0.761. The van der Waals surface area contributed by atoms with Crippen LogP contribution in [0.3, 0.4) is 0 Å². The Bertz CT molecular complexity index is 130. The van der Waals surface area contributed by atoms with Crippen LogP contribution in [-0.4, -0.2) is 36.6 Å². The van der Waals surface area contributed by atoms with Gasteiger partial charge in [0.1, 0.15) is 0 Å². The highest BCUT2D eigenvalue weighted by molar-refractivity contribution is 4.66. The van der Waals surface area contributed by atoms with Gasteiger partial charge in [-0.15, -0.1) is 0 Å². The number of hydrogen-bond donors (Lipinski definition) is 1.